The summed E-state index contributed by atoms with van der Waals surface area (Å²) in [6.07, 6.45) is 14.0. The van der Waals surface area contributed by atoms with Crippen molar-refractivity contribution in [1.82, 2.24) is 9.80 Å². The molecule has 0 radical (unpaired) electrons. The maximum atomic E-state index is 12.9. The molecule has 4 rings (SSSR count). The van der Waals surface area contributed by atoms with Gasteiger partial charge in [0.15, 0.2) is 15.6 Å². The van der Waals surface area contributed by atoms with E-state index in [9.17, 15) is 18.0 Å². The van der Waals surface area contributed by atoms with E-state index >= 15 is 0 Å². The van der Waals surface area contributed by atoms with Crippen molar-refractivity contribution >= 4 is 21.6 Å². The van der Waals surface area contributed by atoms with Crippen LogP contribution in [0.25, 0.3) is 0 Å². The first-order valence-corrected chi connectivity index (χ1v) is 15.5. The number of hydrogen-bond donors (Lipinski definition) is 1. The average molecular weight is 549 g/mol. The lowest BCUT2D eigenvalue weighted by molar-refractivity contribution is -0.131. The summed E-state index contributed by atoms with van der Waals surface area (Å²) in [7, 11) is -1.02. The summed E-state index contributed by atoms with van der Waals surface area (Å²) < 4.78 is 25.9. The molecular weight excluding hydrogens is 500 g/mol. The van der Waals surface area contributed by atoms with Crippen molar-refractivity contribution in [2.24, 2.45) is 5.92 Å². The fourth-order valence-corrected chi connectivity index (χ4v) is 7.22. The zero-order chi connectivity index (χ0) is 26.8. The molecule has 8 heteroatoms. The number of carbonyl (C=O) groups is 2. The van der Waals surface area contributed by atoms with Crippen LogP contribution >= 0.6 is 0 Å². The Kier molecular flexibility index (Phi) is 13.2. The van der Waals surface area contributed by atoms with Crippen molar-refractivity contribution < 1.29 is 23.1 Å². The van der Waals surface area contributed by atoms with E-state index in [2.05, 4.69) is 22.9 Å². The number of allylic oxidation sites excluding steroid dienone is 1. The van der Waals surface area contributed by atoms with E-state index in [-0.39, 0.29) is 19.0 Å². The predicted molar refractivity (Wildman–Crippen MR) is 153 cm³/mol. The van der Waals surface area contributed by atoms with E-state index < -0.39 is 15.8 Å². The Bertz CT molecular complexity index is 1030. The van der Waals surface area contributed by atoms with Crippen molar-refractivity contribution in [3.63, 3.8) is 0 Å². The third-order valence-corrected chi connectivity index (χ3v) is 9.75. The van der Waals surface area contributed by atoms with Gasteiger partial charge in [-0.05, 0) is 101 Å². The van der Waals surface area contributed by atoms with E-state index in [1.807, 2.05) is 12.1 Å². The van der Waals surface area contributed by atoms with Crippen LogP contribution in [0, 0.1) is 5.92 Å². The van der Waals surface area contributed by atoms with Gasteiger partial charge in [-0.1, -0.05) is 32.8 Å². The first-order valence-electron chi connectivity index (χ1n) is 13.8. The third kappa shape index (κ3) is 10.3. The molecule has 7 nitrogen and oxygen atoms in total. The van der Waals surface area contributed by atoms with Crippen molar-refractivity contribution in [3.8, 4) is 0 Å². The second kappa shape index (κ2) is 15.5. The molecule has 0 bridgehead atoms. The lowest BCUT2D eigenvalue weighted by Gasteiger charge is -2.33. The number of aliphatic carboxylic acids is 1. The minimum atomic E-state index is -3.18. The highest BCUT2D eigenvalue weighted by atomic mass is 32.2. The van der Waals surface area contributed by atoms with Crippen LogP contribution in [0.3, 0.4) is 0 Å². The fraction of sp³-hybridized carbons (Fsp3) is 0.667. The Labute approximate surface area is 230 Å². The molecular formula is C30H48N2O5S. The van der Waals surface area contributed by atoms with Gasteiger partial charge in [0.25, 0.3) is 0 Å². The van der Waals surface area contributed by atoms with E-state index in [0.29, 0.717) is 10.9 Å². The molecule has 1 aromatic carbocycles. The summed E-state index contributed by atoms with van der Waals surface area (Å²) >= 11 is 0. The van der Waals surface area contributed by atoms with Gasteiger partial charge in [0.2, 0.25) is 0 Å². The standard InChI is InChI=1S/C24H38N2O2S.C5H6O3.CH4/c1-25-14-5-9-23(25)10-6-16-29(27,28)24-12-11-21-13-15-26(19-22(21)17-24)18-20-7-3-2-4-8-20;1-4(6)2-3-5(7)8;/h11-12,17,20,23H,2-10,13-16,18-19H2,1H3;2-3H,1H3,(H,7,8);1H4/b;3-2+;/t23-;;/m0../s1. The Balaban J connectivity index is 0.000000493. The summed E-state index contributed by atoms with van der Waals surface area (Å²) in [5, 5.41) is 7.92. The molecule has 1 atom stereocenters. The number of benzene rings is 1. The molecule has 1 aliphatic carbocycles. The second-order valence-electron chi connectivity index (χ2n) is 10.9. The molecule has 214 valence electrons. The molecule has 2 heterocycles. The van der Waals surface area contributed by atoms with E-state index in [4.69, 9.17) is 5.11 Å². The van der Waals surface area contributed by atoms with Gasteiger partial charge in [-0.25, -0.2) is 13.2 Å². The first-order chi connectivity index (χ1) is 17.6. The zero-order valence-corrected chi connectivity index (χ0v) is 23.3. The molecule has 0 amide bonds. The van der Waals surface area contributed by atoms with Crippen LogP contribution in [0.2, 0.25) is 0 Å². The number of carboxylic acids is 1. The Morgan fingerprint density at radius 1 is 1.03 bits per heavy atom. The summed E-state index contributed by atoms with van der Waals surface area (Å²) in [4.78, 5) is 25.1. The normalized spacial score (nSPS) is 20.8. The molecule has 0 unspecified atom stereocenters. The highest BCUT2D eigenvalue weighted by molar-refractivity contribution is 7.91. The van der Waals surface area contributed by atoms with Gasteiger partial charge in [-0.2, -0.15) is 0 Å². The lowest BCUT2D eigenvalue weighted by atomic mass is 9.88. The molecule has 1 saturated carbocycles. The number of sulfone groups is 1. The second-order valence-corrected chi connectivity index (χ2v) is 13.0. The minimum Gasteiger partial charge on any atom is -0.478 e. The van der Waals surface area contributed by atoms with Gasteiger partial charge in [0.1, 0.15) is 0 Å². The predicted octanol–water partition coefficient (Wildman–Crippen LogP) is 5.13. The molecule has 1 N–H and O–H groups in total. The summed E-state index contributed by atoms with van der Waals surface area (Å²) in [5.41, 5.74) is 2.58. The van der Waals surface area contributed by atoms with Crippen LogP contribution in [0.15, 0.2) is 35.2 Å². The quantitative estimate of drug-likeness (QED) is 0.428. The number of carbonyl (C=O) groups excluding carboxylic acids is 1. The van der Waals surface area contributed by atoms with Gasteiger partial charge in [-0.3, -0.25) is 9.69 Å². The molecule has 3 aliphatic rings. The van der Waals surface area contributed by atoms with E-state index in [1.54, 1.807) is 0 Å². The topological polar surface area (TPSA) is 95.0 Å². The van der Waals surface area contributed by atoms with E-state index in [0.717, 1.165) is 57.0 Å². The van der Waals surface area contributed by atoms with Crippen LogP contribution in [-0.4, -0.2) is 73.6 Å². The molecule has 38 heavy (non-hydrogen) atoms. The highest BCUT2D eigenvalue weighted by Gasteiger charge is 2.25. The number of nitrogens with zero attached hydrogens (tertiary/aromatic N) is 2. The highest BCUT2D eigenvalue weighted by Crippen LogP contribution is 2.28. The SMILES string of the molecule is C.CC(=O)/C=C/C(=O)O.CN1CCC[C@H]1CCCS(=O)(=O)c1ccc2c(c1)CN(CC1CCCCC1)CC2. The zero-order valence-electron chi connectivity index (χ0n) is 22.5. The maximum Gasteiger partial charge on any atom is 0.328 e. The van der Waals surface area contributed by atoms with E-state index in [1.165, 1.54) is 69.5 Å². The number of rotatable bonds is 9. The molecule has 2 aliphatic heterocycles. The molecule has 2 fully saturated rings. The Hall–Kier alpha value is -2.03. The van der Waals surface area contributed by atoms with Gasteiger partial charge < -0.3 is 10.0 Å². The van der Waals surface area contributed by atoms with Gasteiger partial charge >= 0.3 is 5.97 Å². The smallest absolute Gasteiger partial charge is 0.328 e. The monoisotopic (exact) mass is 548 g/mol. The summed E-state index contributed by atoms with van der Waals surface area (Å²) in [6.45, 7) is 5.66. The van der Waals surface area contributed by atoms with Crippen LogP contribution in [0.1, 0.15) is 83.3 Å². The van der Waals surface area contributed by atoms with Crippen molar-refractivity contribution in [1.29, 1.82) is 0 Å². The summed E-state index contributed by atoms with van der Waals surface area (Å²) in [6, 6.07) is 6.49. The molecule has 1 saturated heterocycles. The molecule has 0 spiro atoms. The van der Waals surface area contributed by atoms with Gasteiger partial charge in [0.05, 0.1) is 10.6 Å². The number of fused-ring (bicyclic) bond motifs is 1. The number of ketones is 1. The number of hydrogen-bond acceptors (Lipinski definition) is 6. The lowest BCUT2D eigenvalue weighted by Crippen LogP contribution is -2.35. The molecule has 0 aromatic heterocycles. The average Bonchev–Trinajstić information content (AvgIpc) is 3.27. The largest absolute Gasteiger partial charge is 0.478 e. The van der Waals surface area contributed by atoms with Crippen LogP contribution in [-0.2, 0) is 32.4 Å². The first kappa shape index (κ1) is 32.2. The maximum absolute atomic E-state index is 12.9. The Morgan fingerprint density at radius 3 is 2.37 bits per heavy atom. The van der Waals surface area contributed by atoms with Crippen LogP contribution in [0.5, 0.6) is 0 Å². The van der Waals surface area contributed by atoms with Crippen LogP contribution < -0.4 is 0 Å². The van der Waals surface area contributed by atoms with Crippen molar-refractivity contribution in [3.05, 3.63) is 41.5 Å². The van der Waals surface area contributed by atoms with Crippen molar-refractivity contribution in [2.45, 2.75) is 96.0 Å². The fourth-order valence-electron chi connectivity index (χ4n) is 5.84. The van der Waals surface area contributed by atoms with Crippen molar-refractivity contribution in [2.75, 3.05) is 32.4 Å². The molecule has 1 aromatic rings. The van der Waals surface area contributed by atoms with Gasteiger partial charge in [-0.15, -0.1) is 0 Å². The third-order valence-electron chi connectivity index (χ3n) is 7.95. The Morgan fingerprint density at radius 2 is 1.76 bits per heavy atom. The minimum absolute atomic E-state index is 0. The number of carboxylic acid groups (broad SMARTS) is 1. The van der Waals surface area contributed by atoms with Gasteiger partial charge in [0, 0.05) is 31.8 Å². The van der Waals surface area contributed by atoms with Crippen LogP contribution in [0.4, 0.5) is 0 Å². The summed E-state index contributed by atoms with van der Waals surface area (Å²) in [5.74, 6) is -0.236. The number of likely N-dealkylation sites (tertiary alicyclic amines) is 1.